The lowest BCUT2D eigenvalue weighted by Crippen LogP contribution is -2.60. The summed E-state index contributed by atoms with van der Waals surface area (Å²) in [7, 11) is 1.45. The number of rotatable bonds is 6. The van der Waals surface area contributed by atoms with Gasteiger partial charge in [0, 0.05) is 31.1 Å². The number of carbonyl (C=O) groups excluding carboxylic acids is 2. The standard InChI is InChI=1S/C22H20ClF2N5O2/c1-30-12-17(18(29-30)19(24)25)20(31)26-22(10-13-4-2-3-5-14(13)11-22)21(32)28-27-16-8-6-15(23)7-9-16/h2-9,12,19,27H,10-11H2,1H3,(H,26,31)(H,28,32). The molecule has 3 aromatic rings. The van der Waals surface area contributed by atoms with Crippen LogP contribution in [-0.4, -0.2) is 27.1 Å². The van der Waals surface area contributed by atoms with Crippen molar-refractivity contribution in [3.8, 4) is 0 Å². The Hall–Kier alpha value is -3.46. The maximum Gasteiger partial charge on any atom is 0.282 e. The van der Waals surface area contributed by atoms with E-state index in [0.29, 0.717) is 10.7 Å². The van der Waals surface area contributed by atoms with E-state index < -0.39 is 29.5 Å². The number of hydrogen-bond acceptors (Lipinski definition) is 4. The lowest BCUT2D eigenvalue weighted by atomic mass is 9.94. The van der Waals surface area contributed by atoms with Crippen LogP contribution in [0.15, 0.2) is 54.7 Å². The highest BCUT2D eigenvalue weighted by Gasteiger charge is 2.46. The predicted molar refractivity (Wildman–Crippen MR) is 115 cm³/mol. The Morgan fingerprint density at radius 1 is 1.09 bits per heavy atom. The third-order valence-corrected chi connectivity index (χ3v) is 5.62. The van der Waals surface area contributed by atoms with E-state index >= 15 is 0 Å². The van der Waals surface area contributed by atoms with Gasteiger partial charge in [0.15, 0.2) is 0 Å². The smallest absolute Gasteiger partial charge is 0.282 e. The lowest BCUT2D eigenvalue weighted by molar-refractivity contribution is -0.126. The molecule has 0 aliphatic heterocycles. The van der Waals surface area contributed by atoms with Crippen molar-refractivity contribution in [2.75, 3.05) is 5.43 Å². The van der Waals surface area contributed by atoms with Gasteiger partial charge in [-0.15, -0.1) is 0 Å². The quantitative estimate of drug-likeness (QED) is 0.493. The number of benzene rings is 2. The van der Waals surface area contributed by atoms with Crippen LogP contribution in [0.5, 0.6) is 0 Å². The minimum absolute atomic E-state index is 0.216. The number of alkyl halides is 2. The number of hydrazine groups is 1. The monoisotopic (exact) mass is 459 g/mol. The molecule has 0 saturated heterocycles. The Balaban J connectivity index is 1.60. The third-order valence-electron chi connectivity index (χ3n) is 5.36. The van der Waals surface area contributed by atoms with E-state index in [4.69, 9.17) is 11.6 Å². The van der Waals surface area contributed by atoms with Crippen molar-refractivity contribution < 1.29 is 18.4 Å². The highest BCUT2D eigenvalue weighted by molar-refractivity contribution is 6.30. The molecule has 2 amide bonds. The van der Waals surface area contributed by atoms with Crippen LogP contribution in [0.4, 0.5) is 14.5 Å². The molecule has 1 aromatic heterocycles. The van der Waals surface area contributed by atoms with Crippen LogP contribution in [0, 0.1) is 0 Å². The Labute approximate surface area is 187 Å². The first-order valence-electron chi connectivity index (χ1n) is 9.80. The summed E-state index contributed by atoms with van der Waals surface area (Å²) in [4.78, 5) is 26.3. The number of fused-ring (bicyclic) bond motifs is 1. The van der Waals surface area contributed by atoms with Crippen LogP contribution < -0.4 is 16.2 Å². The summed E-state index contributed by atoms with van der Waals surface area (Å²) in [6.07, 6.45) is -1.27. The van der Waals surface area contributed by atoms with Gasteiger partial charge in [0.2, 0.25) is 0 Å². The molecular weight excluding hydrogens is 440 g/mol. The summed E-state index contributed by atoms with van der Waals surface area (Å²) in [5, 5.41) is 6.93. The fourth-order valence-electron chi connectivity index (χ4n) is 3.83. The molecule has 32 heavy (non-hydrogen) atoms. The number of amides is 2. The van der Waals surface area contributed by atoms with Crippen LogP contribution in [0.3, 0.4) is 0 Å². The Morgan fingerprint density at radius 2 is 1.72 bits per heavy atom. The molecule has 0 saturated carbocycles. The van der Waals surface area contributed by atoms with Crippen molar-refractivity contribution in [3.05, 3.63) is 82.1 Å². The molecule has 10 heteroatoms. The van der Waals surface area contributed by atoms with Gasteiger partial charge in [-0.3, -0.25) is 25.1 Å². The summed E-state index contributed by atoms with van der Waals surface area (Å²) in [5.74, 6) is -1.29. The van der Waals surface area contributed by atoms with E-state index in [9.17, 15) is 18.4 Å². The summed E-state index contributed by atoms with van der Waals surface area (Å²) < 4.78 is 27.9. The van der Waals surface area contributed by atoms with E-state index in [0.717, 1.165) is 15.8 Å². The number of aryl methyl sites for hydroxylation is 1. The van der Waals surface area contributed by atoms with E-state index in [2.05, 4.69) is 21.3 Å². The molecule has 0 radical (unpaired) electrons. The van der Waals surface area contributed by atoms with Crippen molar-refractivity contribution in [3.63, 3.8) is 0 Å². The van der Waals surface area contributed by atoms with E-state index in [-0.39, 0.29) is 18.4 Å². The molecule has 4 rings (SSSR count). The predicted octanol–water partition coefficient (Wildman–Crippen LogP) is 3.42. The Morgan fingerprint density at radius 3 is 2.31 bits per heavy atom. The van der Waals surface area contributed by atoms with Crippen molar-refractivity contribution >= 4 is 29.1 Å². The minimum Gasteiger partial charge on any atom is -0.337 e. The van der Waals surface area contributed by atoms with Gasteiger partial charge < -0.3 is 5.32 Å². The first kappa shape index (κ1) is 21.8. The lowest BCUT2D eigenvalue weighted by Gasteiger charge is -2.29. The SMILES string of the molecule is Cn1cc(C(=O)NC2(C(=O)NNc3ccc(Cl)cc3)Cc3ccccc3C2)c(C(F)F)n1. The third kappa shape index (κ3) is 4.29. The second kappa shape index (κ2) is 8.58. The molecule has 1 aliphatic rings. The first-order chi connectivity index (χ1) is 15.3. The molecule has 0 bridgehead atoms. The average molecular weight is 460 g/mol. The van der Waals surface area contributed by atoms with E-state index in [1.54, 1.807) is 24.3 Å². The fourth-order valence-corrected chi connectivity index (χ4v) is 3.96. The van der Waals surface area contributed by atoms with Crippen molar-refractivity contribution in [2.24, 2.45) is 7.05 Å². The van der Waals surface area contributed by atoms with Gasteiger partial charge in [0.25, 0.3) is 18.2 Å². The van der Waals surface area contributed by atoms with Gasteiger partial charge in [-0.1, -0.05) is 35.9 Å². The normalized spacial score (nSPS) is 14.2. The Kier molecular flexibility index (Phi) is 5.84. The highest BCUT2D eigenvalue weighted by atomic mass is 35.5. The molecule has 0 fully saturated rings. The minimum atomic E-state index is -2.92. The summed E-state index contributed by atoms with van der Waals surface area (Å²) in [6.45, 7) is 0. The zero-order valence-corrected chi connectivity index (χ0v) is 17.8. The van der Waals surface area contributed by atoms with Gasteiger partial charge in [-0.25, -0.2) is 8.78 Å². The molecule has 7 nitrogen and oxygen atoms in total. The first-order valence-corrected chi connectivity index (χ1v) is 10.2. The number of aromatic nitrogens is 2. The molecule has 0 unspecified atom stereocenters. The van der Waals surface area contributed by atoms with Gasteiger partial charge in [0.05, 0.1) is 11.3 Å². The van der Waals surface area contributed by atoms with Crippen LogP contribution in [0.1, 0.15) is 33.6 Å². The topological polar surface area (TPSA) is 88.0 Å². The van der Waals surface area contributed by atoms with E-state index in [1.807, 2.05) is 24.3 Å². The van der Waals surface area contributed by atoms with Crippen LogP contribution in [0.25, 0.3) is 0 Å². The molecule has 0 spiro atoms. The molecule has 0 atom stereocenters. The van der Waals surface area contributed by atoms with Gasteiger partial charge in [0.1, 0.15) is 11.2 Å². The van der Waals surface area contributed by atoms with Crippen LogP contribution in [0.2, 0.25) is 5.02 Å². The number of halogens is 3. The number of nitrogens with zero attached hydrogens (tertiary/aromatic N) is 2. The Bertz CT molecular complexity index is 1140. The highest BCUT2D eigenvalue weighted by Crippen LogP contribution is 2.31. The number of anilines is 1. The van der Waals surface area contributed by atoms with Gasteiger partial charge in [-0.05, 0) is 35.4 Å². The van der Waals surface area contributed by atoms with Crippen molar-refractivity contribution in [2.45, 2.75) is 24.8 Å². The van der Waals surface area contributed by atoms with Gasteiger partial charge >= 0.3 is 0 Å². The summed E-state index contributed by atoms with van der Waals surface area (Å²) >= 11 is 5.88. The maximum atomic E-state index is 13.4. The zero-order chi connectivity index (χ0) is 22.9. The van der Waals surface area contributed by atoms with Crippen LogP contribution >= 0.6 is 11.6 Å². The number of carbonyl (C=O) groups is 2. The number of nitrogens with one attached hydrogen (secondary N) is 3. The van der Waals surface area contributed by atoms with Crippen molar-refractivity contribution in [1.82, 2.24) is 20.5 Å². The zero-order valence-electron chi connectivity index (χ0n) is 17.0. The molecule has 1 aliphatic carbocycles. The molecular formula is C22H20ClF2N5O2. The largest absolute Gasteiger partial charge is 0.337 e. The van der Waals surface area contributed by atoms with Crippen molar-refractivity contribution in [1.29, 1.82) is 0 Å². The second-order valence-corrected chi connectivity index (χ2v) is 8.08. The molecule has 1 heterocycles. The number of hydrogen-bond donors (Lipinski definition) is 3. The maximum absolute atomic E-state index is 13.4. The second-order valence-electron chi connectivity index (χ2n) is 7.65. The van der Waals surface area contributed by atoms with E-state index in [1.165, 1.54) is 13.2 Å². The fraction of sp³-hybridized carbons (Fsp3) is 0.227. The summed E-state index contributed by atoms with van der Waals surface area (Å²) in [6, 6.07) is 14.1. The summed E-state index contributed by atoms with van der Waals surface area (Å²) in [5.41, 5.74) is 5.54. The average Bonchev–Trinajstić information content (AvgIpc) is 3.34. The van der Waals surface area contributed by atoms with Gasteiger partial charge in [-0.2, -0.15) is 5.10 Å². The molecule has 2 aromatic carbocycles. The molecule has 166 valence electrons. The molecule has 3 N–H and O–H groups in total. The van der Waals surface area contributed by atoms with Crippen LogP contribution in [-0.2, 0) is 24.7 Å².